The predicted octanol–water partition coefficient (Wildman–Crippen LogP) is 0.975. The summed E-state index contributed by atoms with van der Waals surface area (Å²) in [6.45, 7) is 3.47. The molecule has 2 N–H and O–H groups in total. The Morgan fingerprint density at radius 3 is 2.88 bits per heavy atom. The van der Waals surface area contributed by atoms with Crippen LogP contribution >= 0.6 is 11.6 Å². The first kappa shape index (κ1) is 13.2. The van der Waals surface area contributed by atoms with Crippen LogP contribution in [0.3, 0.4) is 0 Å². The molecule has 0 saturated carbocycles. The van der Waals surface area contributed by atoms with Crippen LogP contribution in [0.15, 0.2) is 12.7 Å². The molecule has 1 heterocycles. The van der Waals surface area contributed by atoms with Crippen molar-refractivity contribution in [3.05, 3.63) is 17.9 Å². The summed E-state index contributed by atoms with van der Waals surface area (Å²) in [5.74, 6) is -1.00. The standard InChI is InChI=1S/C9H11ClN4O3/c1-3-4-5(6(15)16)11-8-12-7(10)13-9(14-8)17-2/h3,5H,1,4H2,2H3,(H,15,16)(H,11,12,13,14). The van der Waals surface area contributed by atoms with Crippen LogP contribution in [0.5, 0.6) is 6.01 Å². The molecule has 0 aliphatic carbocycles. The van der Waals surface area contributed by atoms with E-state index in [0.717, 1.165) is 0 Å². The maximum atomic E-state index is 10.9. The van der Waals surface area contributed by atoms with Gasteiger partial charge < -0.3 is 15.2 Å². The van der Waals surface area contributed by atoms with Crippen molar-refractivity contribution in [3.63, 3.8) is 0 Å². The Hall–Kier alpha value is -1.89. The van der Waals surface area contributed by atoms with E-state index in [4.69, 9.17) is 21.4 Å². The molecule has 8 heteroatoms. The van der Waals surface area contributed by atoms with Gasteiger partial charge in [0.2, 0.25) is 11.2 Å². The molecule has 0 bridgehead atoms. The molecule has 0 saturated heterocycles. The highest BCUT2D eigenvalue weighted by atomic mass is 35.5. The number of nitrogens with one attached hydrogen (secondary N) is 1. The van der Waals surface area contributed by atoms with Crippen LogP contribution in [0.4, 0.5) is 5.95 Å². The average molecular weight is 259 g/mol. The summed E-state index contributed by atoms with van der Waals surface area (Å²) in [5, 5.41) is 11.4. The molecule has 1 aromatic heterocycles. The number of carboxylic acids is 1. The van der Waals surface area contributed by atoms with Crippen LogP contribution in [0, 0.1) is 0 Å². The third-order valence-corrected chi connectivity index (χ3v) is 1.94. The van der Waals surface area contributed by atoms with E-state index in [9.17, 15) is 4.79 Å². The summed E-state index contributed by atoms with van der Waals surface area (Å²) in [6.07, 6.45) is 1.70. The van der Waals surface area contributed by atoms with E-state index < -0.39 is 12.0 Å². The van der Waals surface area contributed by atoms with E-state index in [1.807, 2.05) is 0 Å². The van der Waals surface area contributed by atoms with Crippen molar-refractivity contribution in [1.82, 2.24) is 15.0 Å². The molecule has 7 nitrogen and oxygen atoms in total. The molecule has 92 valence electrons. The second kappa shape index (κ2) is 6.00. The fourth-order valence-corrected chi connectivity index (χ4v) is 1.18. The molecule has 1 aromatic rings. The molecule has 0 aromatic carbocycles. The Balaban J connectivity index is 2.88. The third kappa shape index (κ3) is 3.87. The second-order valence-corrected chi connectivity index (χ2v) is 3.31. The number of aromatic nitrogens is 3. The first-order valence-electron chi connectivity index (χ1n) is 4.62. The van der Waals surface area contributed by atoms with Crippen molar-refractivity contribution in [2.75, 3.05) is 12.4 Å². The number of rotatable bonds is 6. The lowest BCUT2D eigenvalue weighted by Crippen LogP contribution is -2.29. The fraction of sp³-hybridized carbons (Fsp3) is 0.333. The van der Waals surface area contributed by atoms with Gasteiger partial charge in [-0.15, -0.1) is 6.58 Å². The normalized spacial score (nSPS) is 11.6. The van der Waals surface area contributed by atoms with Gasteiger partial charge in [-0.1, -0.05) is 6.08 Å². The predicted molar refractivity (Wildman–Crippen MR) is 61.2 cm³/mol. The summed E-state index contributed by atoms with van der Waals surface area (Å²) in [5.41, 5.74) is 0. The monoisotopic (exact) mass is 258 g/mol. The lowest BCUT2D eigenvalue weighted by Gasteiger charge is -2.12. The molecule has 1 rings (SSSR count). The molecule has 0 aliphatic heterocycles. The van der Waals surface area contributed by atoms with E-state index in [-0.39, 0.29) is 23.7 Å². The van der Waals surface area contributed by atoms with Crippen LogP contribution in [0.2, 0.25) is 5.28 Å². The molecular weight excluding hydrogens is 248 g/mol. The number of hydrogen-bond acceptors (Lipinski definition) is 6. The molecule has 0 aliphatic rings. The van der Waals surface area contributed by atoms with Gasteiger partial charge in [-0.2, -0.15) is 15.0 Å². The zero-order valence-electron chi connectivity index (χ0n) is 9.05. The van der Waals surface area contributed by atoms with Crippen LogP contribution in [0.25, 0.3) is 0 Å². The largest absolute Gasteiger partial charge is 0.480 e. The van der Waals surface area contributed by atoms with Gasteiger partial charge in [0.05, 0.1) is 7.11 Å². The van der Waals surface area contributed by atoms with E-state index in [1.165, 1.54) is 13.2 Å². The summed E-state index contributed by atoms with van der Waals surface area (Å²) in [4.78, 5) is 22.1. The molecule has 0 spiro atoms. The highest BCUT2D eigenvalue weighted by Gasteiger charge is 2.17. The average Bonchev–Trinajstić information content (AvgIpc) is 2.27. The van der Waals surface area contributed by atoms with E-state index in [0.29, 0.717) is 0 Å². The maximum Gasteiger partial charge on any atom is 0.326 e. The van der Waals surface area contributed by atoms with Crippen molar-refractivity contribution < 1.29 is 14.6 Å². The van der Waals surface area contributed by atoms with Gasteiger partial charge in [-0.25, -0.2) is 4.79 Å². The zero-order chi connectivity index (χ0) is 12.8. The lowest BCUT2D eigenvalue weighted by atomic mass is 10.2. The Kier molecular flexibility index (Phi) is 4.65. The van der Waals surface area contributed by atoms with Crippen LogP contribution in [-0.2, 0) is 4.79 Å². The first-order valence-corrected chi connectivity index (χ1v) is 5.00. The molecule has 0 amide bonds. The number of aliphatic carboxylic acids is 1. The molecule has 0 fully saturated rings. The molecule has 17 heavy (non-hydrogen) atoms. The Morgan fingerprint density at radius 1 is 1.65 bits per heavy atom. The molecule has 1 atom stereocenters. The van der Waals surface area contributed by atoms with E-state index in [2.05, 4.69) is 26.8 Å². The number of hydrogen-bond donors (Lipinski definition) is 2. The molecule has 0 radical (unpaired) electrons. The van der Waals surface area contributed by atoms with E-state index >= 15 is 0 Å². The van der Waals surface area contributed by atoms with Crippen LogP contribution in [0.1, 0.15) is 6.42 Å². The lowest BCUT2D eigenvalue weighted by molar-refractivity contribution is -0.137. The van der Waals surface area contributed by atoms with Crippen molar-refractivity contribution in [2.24, 2.45) is 0 Å². The van der Waals surface area contributed by atoms with Crippen molar-refractivity contribution >= 4 is 23.5 Å². The van der Waals surface area contributed by atoms with Crippen LogP contribution < -0.4 is 10.1 Å². The topological polar surface area (TPSA) is 97.2 Å². The van der Waals surface area contributed by atoms with Gasteiger partial charge in [-0.3, -0.25) is 0 Å². The number of methoxy groups -OCH3 is 1. The quantitative estimate of drug-likeness (QED) is 0.734. The smallest absolute Gasteiger partial charge is 0.326 e. The minimum atomic E-state index is -1.04. The van der Waals surface area contributed by atoms with Gasteiger partial charge >= 0.3 is 12.0 Å². The second-order valence-electron chi connectivity index (χ2n) is 2.97. The van der Waals surface area contributed by atoms with Crippen molar-refractivity contribution in [2.45, 2.75) is 12.5 Å². The fourth-order valence-electron chi connectivity index (χ4n) is 1.03. The molecular formula is C9H11ClN4O3. The minimum Gasteiger partial charge on any atom is -0.480 e. The summed E-state index contributed by atoms with van der Waals surface area (Å²) < 4.78 is 4.78. The van der Waals surface area contributed by atoms with Gasteiger partial charge in [0, 0.05) is 0 Å². The number of anilines is 1. The van der Waals surface area contributed by atoms with Gasteiger partial charge in [-0.05, 0) is 18.0 Å². The van der Waals surface area contributed by atoms with Crippen LogP contribution in [-0.4, -0.2) is 39.2 Å². The summed E-state index contributed by atoms with van der Waals surface area (Å²) >= 11 is 5.62. The third-order valence-electron chi connectivity index (χ3n) is 1.77. The highest BCUT2D eigenvalue weighted by molar-refractivity contribution is 6.28. The van der Waals surface area contributed by atoms with Gasteiger partial charge in [0.25, 0.3) is 0 Å². The summed E-state index contributed by atoms with van der Waals surface area (Å²) in [7, 11) is 1.37. The zero-order valence-corrected chi connectivity index (χ0v) is 9.81. The Morgan fingerprint density at radius 2 is 2.35 bits per heavy atom. The Bertz CT molecular complexity index is 427. The van der Waals surface area contributed by atoms with Gasteiger partial charge in [0.1, 0.15) is 6.04 Å². The number of nitrogens with zero attached hydrogens (tertiary/aromatic N) is 3. The molecule has 1 unspecified atom stereocenters. The SMILES string of the molecule is C=CCC(Nc1nc(Cl)nc(OC)n1)C(=O)O. The van der Waals surface area contributed by atoms with Gasteiger partial charge in [0.15, 0.2) is 0 Å². The number of carboxylic acid groups (broad SMARTS) is 1. The van der Waals surface area contributed by atoms with E-state index in [1.54, 1.807) is 0 Å². The number of ether oxygens (including phenoxy) is 1. The minimum absolute atomic E-state index is 0.00948. The highest BCUT2D eigenvalue weighted by Crippen LogP contribution is 2.12. The summed E-state index contributed by atoms with van der Waals surface area (Å²) in [6, 6.07) is -0.870. The Labute approximate surface area is 103 Å². The van der Waals surface area contributed by atoms with Crippen molar-refractivity contribution in [1.29, 1.82) is 0 Å². The number of halogens is 1. The van der Waals surface area contributed by atoms with Crippen molar-refractivity contribution in [3.8, 4) is 6.01 Å². The maximum absolute atomic E-state index is 10.9. The first-order chi connectivity index (χ1) is 8.06. The number of carbonyl (C=O) groups is 1.